The van der Waals surface area contributed by atoms with Gasteiger partial charge in [-0.1, -0.05) is 17.3 Å². The van der Waals surface area contributed by atoms with Gasteiger partial charge in [-0.15, -0.1) is 0 Å². The molecule has 4 rings (SSSR count). The monoisotopic (exact) mass is 386 g/mol. The van der Waals surface area contributed by atoms with Gasteiger partial charge in [0.2, 0.25) is 11.4 Å². The molecule has 0 bridgehead atoms. The molecule has 0 aliphatic carbocycles. The van der Waals surface area contributed by atoms with Gasteiger partial charge in [-0.25, -0.2) is 4.39 Å². The molecule has 0 spiro atoms. The van der Waals surface area contributed by atoms with E-state index in [-0.39, 0.29) is 30.7 Å². The van der Waals surface area contributed by atoms with Gasteiger partial charge in [-0.05, 0) is 37.3 Å². The topological polar surface area (TPSA) is 75.8 Å². The van der Waals surface area contributed by atoms with Gasteiger partial charge in [0.15, 0.2) is 23.1 Å². The van der Waals surface area contributed by atoms with E-state index in [2.05, 4.69) is 10.1 Å². The Labute approximate surface area is 161 Å². The number of benzene rings is 2. The number of halogens is 1. The van der Waals surface area contributed by atoms with Crippen molar-refractivity contribution < 1.29 is 27.9 Å². The van der Waals surface area contributed by atoms with E-state index in [1.165, 1.54) is 12.1 Å². The van der Waals surface area contributed by atoms with E-state index in [1.807, 2.05) is 24.3 Å². The Hall–Kier alpha value is -3.13. The molecule has 0 unspecified atom stereocenters. The number of ether oxygens (including phenoxy) is 4. The number of hydrogen-bond donors (Lipinski definition) is 0. The highest BCUT2D eigenvalue weighted by atomic mass is 19.1. The molecule has 1 aromatic heterocycles. The Bertz CT molecular complexity index is 977. The van der Waals surface area contributed by atoms with Gasteiger partial charge in [-0.3, -0.25) is 0 Å². The molecule has 7 nitrogen and oxygen atoms in total. The molecule has 1 aliphatic heterocycles. The van der Waals surface area contributed by atoms with E-state index in [9.17, 15) is 4.39 Å². The summed E-state index contributed by atoms with van der Waals surface area (Å²) in [4.78, 5) is 4.38. The lowest BCUT2D eigenvalue weighted by Crippen LogP contribution is -2.39. The maximum Gasteiger partial charge on any atom is 0.274 e. The summed E-state index contributed by atoms with van der Waals surface area (Å²) in [6, 6.07) is 11.8. The molecule has 0 amide bonds. The second-order valence-electron chi connectivity index (χ2n) is 6.48. The highest BCUT2D eigenvalue weighted by Crippen LogP contribution is 2.39. The Morgan fingerprint density at radius 2 is 1.96 bits per heavy atom. The molecule has 28 heavy (non-hydrogen) atoms. The smallest absolute Gasteiger partial charge is 0.274 e. The predicted molar refractivity (Wildman–Crippen MR) is 97.0 cm³/mol. The highest BCUT2D eigenvalue weighted by molar-refractivity contribution is 5.56. The molecular formula is C20H19FN2O5. The fourth-order valence-electron chi connectivity index (χ4n) is 2.79. The van der Waals surface area contributed by atoms with E-state index in [1.54, 1.807) is 20.1 Å². The van der Waals surface area contributed by atoms with Gasteiger partial charge in [0.05, 0.1) is 6.61 Å². The molecule has 8 heteroatoms. The summed E-state index contributed by atoms with van der Waals surface area (Å²) in [6.07, 6.45) is 0. The third kappa shape index (κ3) is 3.50. The zero-order valence-electron chi connectivity index (χ0n) is 15.5. The van der Waals surface area contributed by atoms with Crippen LogP contribution in [0.3, 0.4) is 0 Å². The van der Waals surface area contributed by atoms with Crippen molar-refractivity contribution in [2.24, 2.45) is 0 Å². The van der Waals surface area contributed by atoms with Gasteiger partial charge in [0.1, 0.15) is 13.2 Å². The molecule has 0 saturated heterocycles. The maximum atomic E-state index is 14.3. The molecule has 2 aromatic carbocycles. The molecule has 2 heterocycles. The fraction of sp³-hybridized carbons (Fsp3) is 0.300. The third-order valence-corrected chi connectivity index (χ3v) is 4.30. The lowest BCUT2D eigenvalue weighted by Gasteiger charge is -2.32. The average Bonchev–Trinajstić information content (AvgIpc) is 3.20. The Morgan fingerprint density at radius 1 is 1.14 bits per heavy atom. The second-order valence-corrected chi connectivity index (χ2v) is 6.48. The van der Waals surface area contributed by atoms with Crippen LogP contribution in [0.25, 0.3) is 11.4 Å². The summed E-state index contributed by atoms with van der Waals surface area (Å²) in [6.45, 7) is 2.65. The fourth-order valence-corrected chi connectivity index (χ4v) is 2.79. The normalized spacial score (nSPS) is 18.1. The summed E-state index contributed by atoms with van der Waals surface area (Å²) in [7, 11) is 1.55. The Balaban J connectivity index is 1.54. The number of methoxy groups -OCH3 is 1. The molecule has 1 aliphatic rings. The Morgan fingerprint density at radius 3 is 2.75 bits per heavy atom. The van der Waals surface area contributed by atoms with Crippen molar-refractivity contribution in [2.45, 2.75) is 12.5 Å². The van der Waals surface area contributed by atoms with Crippen molar-refractivity contribution in [3.8, 4) is 28.6 Å². The minimum Gasteiger partial charge on any atom is -0.488 e. The molecule has 0 saturated carbocycles. The quantitative estimate of drug-likeness (QED) is 0.599. The SMILES string of the molecule is COCCOc1ccc(-c2noc([C@]3(C)COc4ccccc4O3)n2)cc1F. The van der Waals surface area contributed by atoms with Crippen molar-refractivity contribution in [1.29, 1.82) is 0 Å². The molecule has 1 atom stereocenters. The molecular weight excluding hydrogens is 367 g/mol. The van der Waals surface area contributed by atoms with Crippen LogP contribution in [0.15, 0.2) is 47.0 Å². The van der Waals surface area contributed by atoms with Crippen molar-refractivity contribution >= 4 is 0 Å². The van der Waals surface area contributed by atoms with Crippen LogP contribution < -0.4 is 14.2 Å². The van der Waals surface area contributed by atoms with Crippen LogP contribution in [0.1, 0.15) is 12.8 Å². The first kappa shape index (κ1) is 18.2. The first-order chi connectivity index (χ1) is 13.6. The average molecular weight is 386 g/mol. The largest absolute Gasteiger partial charge is 0.488 e. The van der Waals surface area contributed by atoms with E-state index in [0.29, 0.717) is 23.7 Å². The van der Waals surface area contributed by atoms with Crippen molar-refractivity contribution in [3.63, 3.8) is 0 Å². The van der Waals surface area contributed by atoms with Crippen LogP contribution in [0.2, 0.25) is 0 Å². The predicted octanol–water partition coefficient (Wildman–Crippen LogP) is 3.59. The zero-order valence-corrected chi connectivity index (χ0v) is 15.5. The first-order valence-corrected chi connectivity index (χ1v) is 8.76. The lowest BCUT2D eigenvalue weighted by atomic mass is 10.1. The van der Waals surface area contributed by atoms with E-state index in [0.717, 1.165) is 0 Å². The highest BCUT2D eigenvalue weighted by Gasteiger charge is 2.40. The number of fused-ring (bicyclic) bond motifs is 1. The van der Waals surface area contributed by atoms with Crippen LogP contribution in [0.4, 0.5) is 4.39 Å². The standard InChI is InChI=1S/C20H19FN2O5/c1-20(12-26-16-5-3-4-6-17(16)27-20)19-22-18(23-28-19)13-7-8-15(14(21)11-13)25-10-9-24-2/h3-8,11H,9-10,12H2,1-2H3/t20-/m0/s1. The zero-order chi connectivity index (χ0) is 19.6. The minimum absolute atomic E-state index is 0.136. The number of hydrogen-bond acceptors (Lipinski definition) is 7. The molecule has 0 N–H and O–H groups in total. The first-order valence-electron chi connectivity index (χ1n) is 8.76. The molecule has 0 fully saturated rings. The molecule has 0 radical (unpaired) electrons. The summed E-state index contributed by atoms with van der Waals surface area (Å²) in [5.41, 5.74) is -0.478. The van der Waals surface area contributed by atoms with Crippen molar-refractivity contribution in [3.05, 3.63) is 54.2 Å². The van der Waals surface area contributed by atoms with Crippen LogP contribution in [0, 0.1) is 5.82 Å². The van der Waals surface area contributed by atoms with Crippen molar-refractivity contribution in [2.75, 3.05) is 26.9 Å². The number of rotatable bonds is 6. The summed E-state index contributed by atoms with van der Waals surface area (Å²) >= 11 is 0. The van der Waals surface area contributed by atoms with Crippen LogP contribution in [0.5, 0.6) is 17.2 Å². The summed E-state index contributed by atoms with van der Waals surface area (Å²) in [5.74, 6) is 1.37. The van der Waals surface area contributed by atoms with Gasteiger partial charge >= 0.3 is 0 Å². The summed E-state index contributed by atoms with van der Waals surface area (Å²) < 4.78 is 41.6. The minimum atomic E-state index is -0.943. The maximum absolute atomic E-state index is 14.3. The molecule has 146 valence electrons. The van der Waals surface area contributed by atoms with Crippen LogP contribution in [-0.2, 0) is 10.3 Å². The van der Waals surface area contributed by atoms with E-state index < -0.39 is 11.4 Å². The van der Waals surface area contributed by atoms with Crippen molar-refractivity contribution in [1.82, 2.24) is 10.1 Å². The number of nitrogens with zero attached hydrogens (tertiary/aromatic N) is 2. The van der Waals surface area contributed by atoms with Gasteiger partial charge in [0, 0.05) is 12.7 Å². The number of para-hydroxylation sites is 2. The van der Waals surface area contributed by atoms with Gasteiger partial charge in [-0.2, -0.15) is 4.98 Å². The van der Waals surface area contributed by atoms with Crippen LogP contribution in [-0.4, -0.2) is 37.1 Å². The van der Waals surface area contributed by atoms with E-state index >= 15 is 0 Å². The number of aromatic nitrogens is 2. The van der Waals surface area contributed by atoms with E-state index in [4.69, 9.17) is 23.5 Å². The van der Waals surface area contributed by atoms with Gasteiger partial charge < -0.3 is 23.5 Å². The molecule has 3 aromatic rings. The lowest BCUT2D eigenvalue weighted by molar-refractivity contribution is -0.0213. The van der Waals surface area contributed by atoms with Crippen LogP contribution >= 0.6 is 0 Å². The third-order valence-electron chi connectivity index (χ3n) is 4.30. The Kier molecular flexibility index (Phi) is 4.87. The summed E-state index contributed by atoms with van der Waals surface area (Å²) in [5, 5.41) is 3.96. The van der Waals surface area contributed by atoms with Gasteiger partial charge in [0.25, 0.3) is 5.89 Å². The second kappa shape index (κ2) is 7.47.